The Hall–Kier alpha value is -1.83. The highest BCUT2D eigenvalue weighted by molar-refractivity contribution is 5.75. The monoisotopic (exact) mass is 412 g/mol. The molecule has 1 saturated heterocycles. The zero-order valence-electron chi connectivity index (χ0n) is 19.0. The molecule has 4 nitrogen and oxygen atoms in total. The summed E-state index contributed by atoms with van der Waals surface area (Å²) in [6.45, 7) is 8.58. The number of rotatable bonds is 5. The van der Waals surface area contributed by atoms with E-state index < -0.39 is 11.0 Å². The van der Waals surface area contributed by atoms with E-state index >= 15 is 0 Å². The summed E-state index contributed by atoms with van der Waals surface area (Å²) in [5.41, 5.74) is -0.699. The minimum absolute atomic E-state index is 0.162. The third-order valence-electron chi connectivity index (χ3n) is 6.70. The lowest BCUT2D eigenvalue weighted by atomic mass is 9.80. The molecule has 1 atom stereocenters. The van der Waals surface area contributed by atoms with E-state index in [1.807, 2.05) is 51.1 Å². The topological polar surface area (TPSA) is 46.5 Å². The number of carbonyl (C=O) groups is 1. The van der Waals surface area contributed by atoms with Crippen molar-refractivity contribution in [2.75, 3.05) is 26.4 Å². The summed E-state index contributed by atoms with van der Waals surface area (Å²) in [4.78, 5) is 12.3. The van der Waals surface area contributed by atoms with Crippen molar-refractivity contribution in [1.29, 1.82) is 0 Å². The van der Waals surface area contributed by atoms with Crippen LogP contribution in [0.4, 0.5) is 0 Å². The summed E-state index contributed by atoms with van der Waals surface area (Å²) < 4.78 is 6.40. The Labute approximate surface area is 182 Å². The summed E-state index contributed by atoms with van der Waals surface area (Å²) in [5.74, 6) is 6.67. The Kier molecular flexibility index (Phi) is 7.26. The van der Waals surface area contributed by atoms with E-state index in [1.54, 1.807) is 0 Å². The molecule has 0 amide bonds. The minimum Gasteiger partial charge on any atom is -0.415 e. The van der Waals surface area contributed by atoms with Gasteiger partial charge in [0.25, 0.3) is 0 Å². The fourth-order valence-electron chi connectivity index (χ4n) is 4.72. The SMILES string of the molecule is CC(C)(C)C(=O)OC[N+]1(CC#CC(O)(c2ccccc2)C2CCCC2)CCCCC1. The second-order valence-electron chi connectivity index (χ2n) is 10.2. The third kappa shape index (κ3) is 5.45. The summed E-state index contributed by atoms with van der Waals surface area (Å²) in [7, 11) is 0. The van der Waals surface area contributed by atoms with Crippen LogP contribution in [-0.2, 0) is 15.1 Å². The van der Waals surface area contributed by atoms with E-state index in [0.29, 0.717) is 17.8 Å². The maximum Gasteiger partial charge on any atom is 0.315 e. The van der Waals surface area contributed by atoms with E-state index in [0.717, 1.165) is 57.2 Å². The maximum absolute atomic E-state index is 12.3. The number of likely N-dealkylation sites (tertiary alicyclic amines) is 1. The van der Waals surface area contributed by atoms with E-state index in [9.17, 15) is 9.90 Å². The van der Waals surface area contributed by atoms with E-state index in [4.69, 9.17) is 4.74 Å². The third-order valence-corrected chi connectivity index (χ3v) is 6.70. The molecule has 1 saturated carbocycles. The zero-order valence-corrected chi connectivity index (χ0v) is 19.0. The molecule has 3 rings (SSSR count). The molecule has 1 unspecified atom stereocenters. The number of hydrogen-bond donors (Lipinski definition) is 1. The molecule has 30 heavy (non-hydrogen) atoms. The molecule has 2 aliphatic rings. The highest BCUT2D eigenvalue weighted by Gasteiger charge is 2.39. The van der Waals surface area contributed by atoms with Crippen LogP contribution < -0.4 is 0 Å². The second-order valence-corrected chi connectivity index (χ2v) is 10.2. The Morgan fingerprint density at radius 1 is 1.07 bits per heavy atom. The van der Waals surface area contributed by atoms with Crippen LogP contribution in [0.25, 0.3) is 0 Å². The van der Waals surface area contributed by atoms with E-state index in [-0.39, 0.29) is 11.9 Å². The molecule has 2 fully saturated rings. The average molecular weight is 413 g/mol. The molecule has 0 bridgehead atoms. The van der Waals surface area contributed by atoms with Gasteiger partial charge in [-0.3, -0.25) is 9.28 Å². The molecule has 1 aliphatic heterocycles. The number of esters is 1. The van der Waals surface area contributed by atoms with Crippen LogP contribution in [0, 0.1) is 23.2 Å². The number of hydrogen-bond acceptors (Lipinski definition) is 3. The van der Waals surface area contributed by atoms with Gasteiger partial charge in [-0.15, -0.1) is 0 Å². The number of aliphatic hydroxyl groups is 1. The van der Waals surface area contributed by atoms with Crippen LogP contribution in [0.15, 0.2) is 30.3 Å². The number of quaternary nitrogens is 1. The first-order valence-electron chi connectivity index (χ1n) is 11.6. The van der Waals surface area contributed by atoms with Crippen molar-refractivity contribution in [2.24, 2.45) is 11.3 Å². The Morgan fingerprint density at radius 3 is 2.30 bits per heavy atom. The smallest absolute Gasteiger partial charge is 0.315 e. The number of piperidine rings is 1. The Bertz CT molecular complexity index is 759. The lowest BCUT2D eigenvalue weighted by Gasteiger charge is -2.39. The molecule has 1 N–H and O–H groups in total. The summed E-state index contributed by atoms with van der Waals surface area (Å²) in [6, 6.07) is 9.90. The van der Waals surface area contributed by atoms with Crippen molar-refractivity contribution in [2.45, 2.75) is 71.3 Å². The van der Waals surface area contributed by atoms with Gasteiger partial charge in [0.15, 0.2) is 5.60 Å². The first-order valence-corrected chi connectivity index (χ1v) is 11.6. The lowest BCUT2D eigenvalue weighted by Crippen LogP contribution is -2.54. The molecule has 164 valence electrons. The van der Waals surface area contributed by atoms with Crippen molar-refractivity contribution in [1.82, 2.24) is 0 Å². The first kappa shape index (κ1) is 22.8. The molecular formula is C26H38NO3+. The Balaban J connectivity index is 1.79. The van der Waals surface area contributed by atoms with Gasteiger partial charge >= 0.3 is 5.97 Å². The second kappa shape index (κ2) is 9.54. The van der Waals surface area contributed by atoms with Gasteiger partial charge < -0.3 is 9.84 Å². The predicted molar refractivity (Wildman–Crippen MR) is 119 cm³/mol. The van der Waals surface area contributed by atoms with Crippen LogP contribution >= 0.6 is 0 Å². The van der Waals surface area contributed by atoms with Gasteiger partial charge in [0, 0.05) is 5.92 Å². The minimum atomic E-state index is -1.10. The zero-order chi connectivity index (χ0) is 21.7. The van der Waals surface area contributed by atoms with Crippen LogP contribution in [-0.4, -0.2) is 41.9 Å². The molecule has 1 aromatic rings. The van der Waals surface area contributed by atoms with Gasteiger partial charge in [-0.1, -0.05) is 49.1 Å². The Morgan fingerprint density at radius 2 is 1.70 bits per heavy atom. The molecule has 1 aliphatic carbocycles. The van der Waals surface area contributed by atoms with Crippen LogP contribution in [0.5, 0.6) is 0 Å². The maximum atomic E-state index is 12.3. The van der Waals surface area contributed by atoms with Crippen molar-refractivity contribution in [3.05, 3.63) is 35.9 Å². The average Bonchev–Trinajstić information content (AvgIpc) is 3.28. The van der Waals surface area contributed by atoms with Crippen molar-refractivity contribution in [3.63, 3.8) is 0 Å². The van der Waals surface area contributed by atoms with Crippen LogP contribution in [0.2, 0.25) is 0 Å². The van der Waals surface area contributed by atoms with Gasteiger partial charge in [-0.05, 0) is 64.4 Å². The highest BCUT2D eigenvalue weighted by Crippen LogP contribution is 2.40. The van der Waals surface area contributed by atoms with Gasteiger partial charge in [0.2, 0.25) is 6.73 Å². The van der Waals surface area contributed by atoms with Crippen LogP contribution in [0.1, 0.15) is 71.3 Å². The van der Waals surface area contributed by atoms with Gasteiger partial charge in [0.1, 0.15) is 6.54 Å². The quantitative estimate of drug-likeness (QED) is 0.436. The van der Waals surface area contributed by atoms with Crippen molar-refractivity contribution in [3.8, 4) is 11.8 Å². The summed E-state index contributed by atoms with van der Waals surface area (Å²) in [6.07, 6.45) is 7.82. The number of benzene rings is 1. The molecule has 1 aromatic carbocycles. The van der Waals surface area contributed by atoms with Gasteiger partial charge in [-0.25, -0.2) is 0 Å². The molecule has 0 spiro atoms. The molecule has 0 radical (unpaired) electrons. The summed E-state index contributed by atoms with van der Waals surface area (Å²) >= 11 is 0. The number of nitrogens with zero attached hydrogens (tertiary/aromatic N) is 1. The van der Waals surface area contributed by atoms with Crippen molar-refractivity contribution >= 4 is 5.97 Å². The van der Waals surface area contributed by atoms with E-state index in [2.05, 4.69) is 11.8 Å². The van der Waals surface area contributed by atoms with Crippen LogP contribution in [0.3, 0.4) is 0 Å². The fraction of sp³-hybridized carbons (Fsp3) is 0.654. The largest absolute Gasteiger partial charge is 0.415 e. The van der Waals surface area contributed by atoms with E-state index in [1.165, 1.54) is 6.42 Å². The molecule has 4 heteroatoms. The normalized spacial score (nSPS) is 21.3. The van der Waals surface area contributed by atoms with Gasteiger partial charge in [0.05, 0.1) is 18.5 Å². The molecule has 0 aromatic heterocycles. The predicted octanol–water partition coefficient (Wildman–Crippen LogP) is 4.62. The van der Waals surface area contributed by atoms with Crippen molar-refractivity contribution < 1.29 is 19.1 Å². The fourth-order valence-corrected chi connectivity index (χ4v) is 4.72. The first-order chi connectivity index (χ1) is 14.3. The molecular weight excluding hydrogens is 374 g/mol. The highest BCUT2D eigenvalue weighted by atomic mass is 16.5. The number of ether oxygens (including phenoxy) is 1. The van der Waals surface area contributed by atoms with Gasteiger partial charge in [-0.2, -0.15) is 0 Å². The number of carbonyl (C=O) groups excluding carboxylic acids is 1. The lowest BCUT2D eigenvalue weighted by molar-refractivity contribution is -0.941. The summed E-state index contributed by atoms with van der Waals surface area (Å²) in [5, 5.41) is 11.7. The standard InChI is InChI=1S/C26H38NO3/c1-25(2,3)24(28)30-21-27(18-10-5-11-19-27)20-12-17-26(29,23-15-8-9-16-23)22-13-6-4-7-14-22/h4,6-7,13-14,23,29H,5,8-11,15-16,18-21H2,1-3H3/q+1. The molecule has 1 heterocycles.